The molecule has 1 aromatic heterocycles. The summed E-state index contributed by atoms with van der Waals surface area (Å²) in [4.78, 5) is 23.2. The zero-order chi connectivity index (χ0) is 19.3. The molecule has 2 N–H and O–H groups in total. The minimum Gasteiger partial charge on any atom is -0.492 e. The van der Waals surface area contributed by atoms with Crippen LogP contribution >= 0.6 is 0 Å². The summed E-state index contributed by atoms with van der Waals surface area (Å²) in [6.45, 7) is 8.72. The second-order valence-corrected chi connectivity index (χ2v) is 7.17. The van der Waals surface area contributed by atoms with Crippen LogP contribution in [0.3, 0.4) is 0 Å². The van der Waals surface area contributed by atoms with E-state index in [9.17, 15) is 9.59 Å². The number of furan rings is 1. The van der Waals surface area contributed by atoms with Crippen LogP contribution in [0.1, 0.15) is 48.0 Å². The highest BCUT2D eigenvalue weighted by molar-refractivity contribution is 5.97. The molecule has 0 atom stereocenters. The fraction of sp³-hybridized carbons (Fsp3) is 0.400. The van der Waals surface area contributed by atoms with Gasteiger partial charge in [-0.05, 0) is 30.0 Å². The first-order valence-corrected chi connectivity index (χ1v) is 8.49. The van der Waals surface area contributed by atoms with Gasteiger partial charge < -0.3 is 19.6 Å². The van der Waals surface area contributed by atoms with E-state index in [-0.39, 0.29) is 29.1 Å². The first kappa shape index (κ1) is 19.6. The van der Waals surface area contributed by atoms with E-state index in [2.05, 4.69) is 32.2 Å². The van der Waals surface area contributed by atoms with Gasteiger partial charge in [0.15, 0.2) is 0 Å². The van der Waals surface area contributed by atoms with Crippen LogP contribution in [0.25, 0.3) is 0 Å². The Morgan fingerprint density at radius 2 is 2.00 bits per heavy atom. The van der Waals surface area contributed by atoms with Crippen molar-refractivity contribution in [2.45, 2.75) is 39.5 Å². The highest BCUT2D eigenvalue weighted by Crippen LogP contribution is 2.25. The quantitative estimate of drug-likeness (QED) is 0.740. The molecule has 6 nitrogen and oxygen atoms in total. The number of rotatable bonds is 7. The largest absolute Gasteiger partial charge is 0.492 e. The number of carbonyl (C=O) groups excluding carboxylic acids is 1. The summed E-state index contributed by atoms with van der Waals surface area (Å²) >= 11 is 0. The number of hydrogen-bond donors (Lipinski definition) is 2. The van der Waals surface area contributed by atoms with Gasteiger partial charge in [-0.2, -0.15) is 0 Å². The third-order valence-corrected chi connectivity index (χ3v) is 3.95. The lowest BCUT2D eigenvalue weighted by Crippen LogP contribution is -2.29. The van der Waals surface area contributed by atoms with Crippen molar-refractivity contribution in [2.24, 2.45) is 0 Å². The fourth-order valence-corrected chi connectivity index (χ4v) is 2.54. The maximum absolute atomic E-state index is 12.3. The summed E-state index contributed by atoms with van der Waals surface area (Å²) in [5, 5.41) is 11.6. The van der Waals surface area contributed by atoms with Crippen molar-refractivity contribution < 1.29 is 23.8 Å². The zero-order valence-corrected chi connectivity index (χ0v) is 15.6. The Morgan fingerprint density at radius 3 is 2.65 bits per heavy atom. The molecular formula is C20H25NO5. The molecule has 1 amide bonds. The Bertz CT molecular complexity index is 786. The van der Waals surface area contributed by atoms with Crippen LogP contribution in [0.2, 0.25) is 0 Å². The minimum atomic E-state index is -1.05. The molecule has 140 valence electrons. The van der Waals surface area contributed by atoms with E-state index in [4.69, 9.17) is 14.3 Å². The second kappa shape index (κ2) is 8.08. The molecule has 0 spiro atoms. The molecule has 0 saturated heterocycles. The Labute approximate surface area is 153 Å². The molecule has 1 heterocycles. The van der Waals surface area contributed by atoms with E-state index in [0.717, 1.165) is 5.75 Å². The Kier molecular flexibility index (Phi) is 6.08. The lowest BCUT2D eigenvalue weighted by atomic mass is 9.87. The Morgan fingerprint density at radius 1 is 1.27 bits per heavy atom. The molecular weight excluding hydrogens is 334 g/mol. The van der Waals surface area contributed by atoms with Gasteiger partial charge in [-0.3, -0.25) is 9.59 Å². The van der Waals surface area contributed by atoms with E-state index >= 15 is 0 Å². The van der Waals surface area contributed by atoms with Crippen LogP contribution in [0.15, 0.2) is 34.9 Å². The number of carbonyl (C=O) groups is 2. The average Bonchev–Trinajstić information content (AvgIpc) is 2.90. The molecule has 2 rings (SSSR count). The van der Waals surface area contributed by atoms with Crippen molar-refractivity contribution in [2.75, 3.05) is 13.2 Å². The molecule has 0 aliphatic heterocycles. The topological polar surface area (TPSA) is 88.8 Å². The second-order valence-electron chi connectivity index (χ2n) is 7.17. The Balaban J connectivity index is 1.90. The van der Waals surface area contributed by atoms with E-state index in [0.29, 0.717) is 18.7 Å². The predicted molar refractivity (Wildman–Crippen MR) is 97.8 cm³/mol. The van der Waals surface area contributed by atoms with E-state index < -0.39 is 5.97 Å². The molecule has 0 saturated carbocycles. The molecule has 0 fully saturated rings. The third kappa shape index (κ3) is 5.12. The molecule has 0 radical (unpaired) electrons. The van der Waals surface area contributed by atoms with Crippen molar-refractivity contribution in [1.82, 2.24) is 5.32 Å². The molecule has 26 heavy (non-hydrogen) atoms. The summed E-state index contributed by atoms with van der Waals surface area (Å²) < 4.78 is 10.9. The molecule has 0 bridgehead atoms. The number of ether oxygens (including phenoxy) is 1. The fourth-order valence-electron chi connectivity index (χ4n) is 2.54. The SMILES string of the molecule is Cc1coc(CC(=O)O)c1C(=O)NCCOc1cccc(C(C)(C)C)c1. The molecule has 0 aliphatic carbocycles. The van der Waals surface area contributed by atoms with Gasteiger partial charge in [0, 0.05) is 5.56 Å². The number of amides is 1. The van der Waals surface area contributed by atoms with Crippen molar-refractivity contribution >= 4 is 11.9 Å². The number of carboxylic acid groups (broad SMARTS) is 1. The number of aryl methyl sites for hydroxylation is 1. The van der Waals surface area contributed by atoms with Crippen molar-refractivity contribution in [3.63, 3.8) is 0 Å². The maximum Gasteiger partial charge on any atom is 0.311 e. The first-order valence-electron chi connectivity index (χ1n) is 8.49. The molecule has 0 aliphatic rings. The summed E-state index contributed by atoms with van der Waals surface area (Å²) in [6, 6.07) is 7.87. The highest BCUT2D eigenvalue weighted by Gasteiger charge is 2.20. The number of carboxylic acids is 1. The average molecular weight is 359 g/mol. The van der Waals surface area contributed by atoms with Crippen LogP contribution in [0.4, 0.5) is 0 Å². The molecule has 2 aromatic rings. The first-order chi connectivity index (χ1) is 12.2. The van der Waals surface area contributed by atoms with Crippen LogP contribution in [-0.2, 0) is 16.6 Å². The predicted octanol–water partition coefficient (Wildman–Crippen LogP) is 3.32. The molecule has 6 heteroatoms. The Hall–Kier alpha value is -2.76. The lowest BCUT2D eigenvalue weighted by Gasteiger charge is -2.19. The van der Waals surface area contributed by atoms with Gasteiger partial charge in [0.25, 0.3) is 5.91 Å². The number of benzene rings is 1. The van der Waals surface area contributed by atoms with Gasteiger partial charge >= 0.3 is 5.97 Å². The number of hydrogen-bond acceptors (Lipinski definition) is 4. The van der Waals surface area contributed by atoms with Crippen molar-refractivity contribution in [1.29, 1.82) is 0 Å². The minimum absolute atomic E-state index is 0.0347. The highest BCUT2D eigenvalue weighted by atomic mass is 16.5. The lowest BCUT2D eigenvalue weighted by molar-refractivity contribution is -0.136. The number of aliphatic carboxylic acids is 1. The van der Waals surface area contributed by atoms with E-state index in [1.54, 1.807) is 6.92 Å². The van der Waals surface area contributed by atoms with Crippen LogP contribution in [0.5, 0.6) is 5.75 Å². The molecule has 1 aromatic carbocycles. The van der Waals surface area contributed by atoms with Gasteiger partial charge in [-0.25, -0.2) is 0 Å². The van der Waals surface area contributed by atoms with Crippen molar-refractivity contribution in [3.05, 3.63) is 53.0 Å². The third-order valence-electron chi connectivity index (χ3n) is 3.95. The summed E-state index contributed by atoms with van der Waals surface area (Å²) in [5.41, 5.74) is 2.10. The van der Waals surface area contributed by atoms with Gasteiger partial charge in [0.2, 0.25) is 0 Å². The van der Waals surface area contributed by atoms with Gasteiger partial charge in [0.1, 0.15) is 24.5 Å². The summed E-state index contributed by atoms with van der Waals surface area (Å²) in [6.07, 6.45) is 1.06. The number of nitrogens with one attached hydrogen (secondary N) is 1. The monoisotopic (exact) mass is 359 g/mol. The molecule has 0 unspecified atom stereocenters. The van der Waals surface area contributed by atoms with Crippen LogP contribution < -0.4 is 10.1 Å². The normalized spacial score (nSPS) is 11.2. The van der Waals surface area contributed by atoms with Gasteiger partial charge in [0.05, 0.1) is 18.4 Å². The summed E-state index contributed by atoms with van der Waals surface area (Å²) in [5.74, 6) is -0.501. The van der Waals surface area contributed by atoms with Crippen LogP contribution in [0, 0.1) is 6.92 Å². The maximum atomic E-state index is 12.3. The zero-order valence-electron chi connectivity index (χ0n) is 15.6. The van der Waals surface area contributed by atoms with Crippen LogP contribution in [-0.4, -0.2) is 30.1 Å². The van der Waals surface area contributed by atoms with E-state index in [1.165, 1.54) is 11.8 Å². The smallest absolute Gasteiger partial charge is 0.311 e. The van der Waals surface area contributed by atoms with Gasteiger partial charge in [-0.15, -0.1) is 0 Å². The summed E-state index contributed by atoms with van der Waals surface area (Å²) in [7, 11) is 0. The standard InChI is InChI=1S/C20H25NO5/c1-13-12-26-16(11-17(22)23)18(13)19(24)21-8-9-25-15-7-5-6-14(10-15)20(2,3)4/h5-7,10,12H,8-9,11H2,1-4H3,(H,21,24)(H,22,23). The van der Waals surface area contributed by atoms with E-state index in [1.807, 2.05) is 18.2 Å². The van der Waals surface area contributed by atoms with Crippen molar-refractivity contribution in [3.8, 4) is 5.75 Å². The van der Waals surface area contributed by atoms with Gasteiger partial charge in [-0.1, -0.05) is 32.9 Å².